The van der Waals surface area contributed by atoms with E-state index in [0.29, 0.717) is 23.9 Å². The molecule has 0 aliphatic rings. The van der Waals surface area contributed by atoms with Crippen molar-refractivity contribution in [1.82, 2.24) is 19.5 Å². The fraction of sp³-hybridized carbons (Fsp3) is 0.0909. The molecule has 0 atom stereocenters. The summed E-state index contributed by atoms with van der Waals surface area (Å²) in [5.74, 6) is 1.16. The van der Waals surface area contributed by atoms with Crippen LogP contribution in [0.1, 0.15) is 5.56 Å². The number of amides is 1. The van der Waals surface area contributed by atoms with Gasteiger partial charge in [-0.05, 0) is 29.8 Å². The molecule has 2 aromatic carbocycles. The molecular formula is C22H20N6O2. The summed E-state index contributed by atoms with van der Waals surface area (Å²) < 4.78 is 7.25. The van der Waals surface area contributed by atoms with E-state index in [1.807, 2.05) is 66.9 Å². The number of nitrogens with zero attached hydrogens (tertiary/aromatic N) is 4. The Labute approximate surface area is 173 Å². The largest absolute Gasteiger partial charge is 0.367 e. The van der Waals surface area contributed by atoms with E-state index < -0.39 is 0 Å². The Balaban J connectivity index is 1.29. The summed E-state index contributed by atoms with van der Waals surface area (Å²) in [6.45, 7) is 0.393. The van der Waals surface area contributed by atoms with E-state index in [1.165, 1.54) is 6.33 Å². The number of carbonyl (C=O) groups excluding carboxylic acids is 1. The van der Waals surface area contributed by atoms with Crippen molar-refractivity contribution in [2.45, 2.75) is 6.61 Å². The first-order valence-corrected chi connectivity index (χ1v) is 9.35. The lowest BCUT2D eigenvalue weighted by molar-refractivity contribution is -0.121. The van der Waals surface area contributed by atoms with Crippen LogP contribution in [0.15, 0.2) is 85.7 Å². The van der Waals surface area contributed by atoms with Gasteiger partial charge in [-0.15, -0.1) is 0 Å². The van der Waals surface area contributed by atoms with Gasteiger partial charge >= 0.3 is 0 Å². The molecule has 0 fully saturated rings. The number of ether oxygens (including phenoxy) is 1. The Hall–Kier alpha value is -4.04. The van der Waals surface area contributed by atoms with E-state index in [2.05, 4.69) is 25.6 Å². The Kier molecular flexibility index (Phi) is 6.07. The lowest BCUT2D eigenvalue weighted by atomic mass is 10.2. The number of hydrogen-bond acceptors (Lipinski definition) is 6. The first-order valence-electron chi connectivity index (χ1n) is 9.35. The average Bonchev–Trinajstić information content (AvgIpc) is 3.31. The lowest BCUT2D eigenvalue weighted by Crippen LogP contribution is -2.18. The van der Waals surface area contributed by atoms with Crippen LogP contribution in [0.25, 0.3) is 5.82 Å². The summed E-state index contributed by atoms with van der Waals surface area (Å²) in [4.78, 5) is 24.5. The molecule has 2 N–H and O–H groups in total. The minimum Gasteiger partial charge on any atom is -0.367 e. The highest BCUT2D eigenvalue weighted by Crippen LogP contribution is 2.18. The number of benzene rings is 2. The second-order valence-electron chi connectivity index (χ2n) is 6.46. The number of nitrogens with one attached hydrogen (secondary N) is 2. The second-order valence-corrected chi connectivity index (χ2v) is 6.46. The van der Waals surface area contributed by atoms with Crippen LogP contribution in [-0.2, 0) is 16.1 Å². The van der Waals surface area contributed by atoms with Crippen LogP contribution in [0, 0.1) is 0 Å². The normalized spacial score (nSPS) is 10.5. The number of anilines is 3. The van der Waals surface area contributed by atoms with Crippen LogP contribution in [-0.4, -0.2) is 32.0 Å². The predicted molar refractivity (Wildman–Crippen MR) is 114 cm³/mol. The van der Waals surface area contributed by atoms with Gasteiger partial charge in [-0.25, -0.2) is 15.0 Å². The molecule has 4 aromatic rings. The summed E-state index contributed by atoms with van der Waals surface area (Å²) in [6, 6.07) is 18.9. The SMILES string of the molecule is O=C(COCc1ccccc1)Nc1ccc(Nc2cc(-n3ccnc3)ncn2)cc1. The Morgan fingerprint density at radius 2 is 1.80 bits per heavy atom. The van der Waals surface area contributed by atoms with E-state index in [4.69, 9.17) is 4.74 Å². The Bertz CT molecular complexity index is 1080. The molecule has 4 rings (SSSR count). The van der Waals surface area contributed by atoms with E-state index >= 15 is 0 Å². The molecule has 1 amide bonds. The first kappa shape index (κ1) is 19.3. The minimum atomic E-state index is -0.201. The molecule has 8 nitrogen and oxygen atoms in total. The van der Waals surface area contributed by atoms with Gasteiger partial charge in [0, 0.05) is 29.8 Å². The van der Waals surface area contributed by atoms with Gasteiger partial charge in [-0.1, -0.05) is 30.3 Å². The third-order valence-electron chi connectivity index (χ3n) is 4.21. The standard InChI is InChI=1S/C22H20N6O2/c29-22(14-30-13-17-4-2-1-3-5-17)27-19-8-6-18(7-9-19)26-20-12-21(25-15-24-20)28-11-10-23-16-28/h1-12,15-16H,13-14H2,(H,27,29)(H,24,25,26). The summed E-state index contributed by atoms with van der Waals surface area (Å²) in [6.07, 6.45) is 6.66. The van der Waals surface area contributed by atoms with Gasteiger partial charge in [0.2, 0.25) is 5.91 Å². The summed E-state index contributed by atoms with van der Waals surface area (Å²) in [5.41, 5.74) is 2.56. The summed E-state index contributed by atoms with van der Waals surface area (Å²) in [5, 5.41) is 6.04. The van der Waals surface area contributed by atoms with E-state index in [9.17, 15) is 4.79 Å². The average molecular weight is 400 g/mol. The molecule has 0 spiro atoms. The monoisotopic (exact) mass is 400 g/mol. The molecule has 2 heterocycles. The van der Waals surface area contributed by atoms with Crippen LogP contribution >= 0.6 is 0 Å². The van der Waals surface area contributed by atoms with Crippen molar-refractivity contribution in [3.8, 4) is 5.82 Å². The number of hydrogen-bond donors (Lipinski definition) is 2. The molecule has 8 heteroatoms. The number of carbonyl (C=O) groups is 1. The molecule has 0 aliphatic carbocycles. The number of aromatic nitrogens is 4. The van der Waals surface area contributed by atoms with Crippen molar-refractivity contribution >= 4 is 23.1 Å². The molecule has 150 valence electrons. The topological polar surface area (TPSA) is 94.0 Å². The van der Waals surface area contributed by atoms with E-state index in [-0.39, 0.29) is 12.5 Å². The smallest absolute Gasteiger partial charge is 0.250 e. The van der Waals surface area contributed by atoms with Gasteiger partial charge in [0.15, 0.2) is 0 Å². The number of imidazole rings is 1. The maximum Gasteiger partial charge on any atom is 0.250 e. The highest BCUT2D eigenvalue weighted by Gasteiger charge is 2.05. The molecular weight excluding hydrogens is 380 g/mol. The van der Waals surface area contributed by atoms with Crippen LogP contribution in [0.5, 0.6) is 0 Å². The zero-order valence-corrected chi connectivity index (χ0v) is 16.1. The zero-order valence-electron chi connectivity index (χ0n) is 16.1. The van der Waals surface area contributed by atoms with Gasteiger partial charge in [-0.2, -0.15) is 0 Å². The Morgan fingerprint density at radius 1 is 1.00 bits per heavy atom. The van der Waals surface area contributed by atoms with Gasteiger partial charge in [0.05, 0.1) is 6.61 Å². The molecule has 0 bridgehead atoms. The molecule has 0 aliphatic heterocycles. The van der Waals surface area contributed by atoms with Crippen LogP contribution in [0.4, 0.5) is 17.2 Å². The van der Waals surface area contributed by atoms with Gasteiger partial charge in [0.25, 0.3) is 0 Å². The van der Waals surface area contributed by atoms with Crippen molar-refractivity contribution < 1.29 is 9.53 Å². The minimum absolute atomic E-state index is 0.00709. The van der Waals surface area contributed by atoms with Gasteiger partial charge in [-0.3, -0.25) is 9.36 Å². The van der Waals surface area contributed by atoms with Crippen molar-refractivity contribution in [3.05, 3.63) is 91.3 Å². The maximum atomic E-state index is 12.1. The second kappa shape index (κ2) is 9.44. The van der Waals surface area contributed by atoms with Gasteiger partial charge in [0.1, 0.15) is 30.9 Å². The third kappa shape index (κ3) is 5.27. The fourth-order valence-corrected chi connectivity index (χ4v) is 2.77. The lowest BCUT2D eigenvalue weighted by Gasteiger charge is -2.09. The highest BCUT2D eigenvalue weighted by molar-refractivity contribution is 5.91. The van der Waals surface area contributed by atoms with Gasteiger partial charge < -0.3 is 15.4 Å². The molecule has 0 unspecified atom stereocenters. The van der Waals surface area contributed by atoms with Crippen LogP contribution in [0.2, 0.25) is 0 Å². The third-order valence-corrected chi connectivity index (χ3v) is 4.21. The van der Waals surface area contributed by atoms with E-state index in [1.54, 1.807) is 17.1 Å². The van der Waals surface area contributed by atoms with Crippen molar-refractivity contribution in [2.24, 2.45) is 0 Å². The summed E-state index contributed by atoms with van der Waals surface area (Å²) >= 11 is 0. The predicted octanol–water partition coefficient (Wildman–Crippen LogP) is 3.56. The molecule has 2 aromatic heterocycles. The quantitative estimate of drug-likeness (QED) is 0.470. The molecule has 0 saturated carbocycles. The molecule has 0 saturated heterocycles. The van der Waals surface area contributed by atoms with Crippen LogP contribution in [0.3, 0.4) is 0 Å². The Morgan fingerprint density at radius 3 is 2.57 bits per heavy atom. The van der Waals surface area contributed by atoms with E-state index in [0.717, 1.165) is 11.3 Å². The molecule has 30 heavy (non-hydrogen) atoms. The zero-order chi connectivity index (χ0) is 20.6. The summed E-state index contributed by atoms with van der Waals surface area (Å²) in [7, 11) is 0. The van der Waals surface area contributed by atoms with Crippen LogP contribution < -0.4 is 10.6 Å². The van der Waals surface area contributed by atoms with Crippen molar-refractivity contribution in [1.29, 1.82) is 0 Å². The highest BCUT2D eigenvalue weighted by atomic mass is 16.5. The fourth-order valence-electron chi connectivity index (χ4n) is 2.77. The first-order chi connectivity index (χ1) is 14.8. The maximum absolute atomic E-state index is 12.1. The van der Waals surface area contributed by atoms with Crippen molar-refractivity contribution in [3.63, 3.8) is 0 Å². The van der Waals surface area contributed by atoms with Crippen molar-refractivity contribution in [2.75, 3.05) is 17.2 Å². The molecule has 0 radical (unpaired) electrons. The number of rotatable bonds is 8.